The van der Waals surface area contributed by atoms with Crippen molar-refractivity contribution in [3.05, 3.63) is 29.8 Å². The zero-order valence-electron chi connectivity index (χ0n) is 10.8. The van der Waals surface area contributed by atoms with E-state index < -0.39 is 0 Å². The summed E-state index contributed by atoms with van der Waals surface area (Å²) in [5, 5.41) is 2.84. The highest BCUT2D eigenvalue weighted by Crippen LogP contribution is 2.17. The van der Waals surface area contributed by atoms with Gasteiger partial charge in [0.15, 0.2) is 0 Å². The summed E-state index contributed by atoms with van der Waals surface area (Å²) in [4.78, 5) is 11.7. The molecule has 4 nitrogen and oxygen atoms in total. The molecule has 1 aromatic carbocycles. The van der Waals surface area contributed by atoms with Crippen molar-refractivity contribution in [1.82, 2.24) is 5.32 Å². The Morgan fingerprint density at radius 2 is 2.11 bits per heavy atom. The van der Waals surface area contributed by atoms with Gasteiger partial charge in [0.1, 0.15) is 5.75 Å². The molecule has 1 amide bonds. The molecule has 0 aliphatic rings. The largest absolute Gasteiger partial charge is 0.496 e. The van der Waals surface area contributed by atoms with E-state index in [2.05, 4.69) is 5.32 Å². The standard InChI is InChI=1S/C13H20N2O2.ClH/c1-10(14)7-8-15-13(16)9-11-5-3-4-6-12(11)17-2;/h3-6,10H,7-9,14H2,1-2H3,(H,15,16);1H. The van der Waals surface area contributed by atoms with Crippen LogP contribution in [-0.4, -0.2) is 25.6 Å². The smallest absolute Gasteiger partial charge is 0.224 e. The fraction of sp³-hybridized carbons (Fsp3) is 0.462. The van der Waals surface area contributed by atoms with Crippen molar-refractivity contribution in [3.8, 4) is 5.75 Å². The van der Waals surface area contributed by atoms with Crippen LogP contribution in [0.15, 0.2) is 24.3 Å². The summed E-state index contributed by atoms with van der Waals surface area (Å²) >= 11 is 0. The summed E-state index contributed by atoms with van der Waals surface area (Å²) in [6.07, 6.45) is 1.13. The number of para-hydroxylation sites is 1. The zero-order chi connectivity index (χ0) is 12.7. The molecule has 0 spiro atoms. The van der Waals surface area contributed by atoms with Gasteiger partial charge in [0, 0.05) is 18.2 Å². The minimum atomic E-state index is -0.00449. The Bertz CT molecular complexity index is 370. The number of carbonyl (C=O) groups is 1. The second kappa shape index (κ2) is 8.78. The van der Waals surface area contributed by atoms with Crippen LogP contribution >= 0.6 is 12.4 Å². The maximum Gasteiger partial charge on any atom is 0.224 e. The van der Waals surface area contributed by atoms with E-state index in [-0.39, 0.29) is 24.4 Å². The number of hydrogen-bond acceptors (Lipinski definition) is 3. The Kier molecular flexibility index (Phi) is 8.16. The molecule has 0 radical (unpaired) electrons. The molecular formula is C13H21ClN2O2. The van der Waals surface area contributed by atoms with Gasteiger partial charge < -0.3 is 15.8 Å². The SMILES string of the molecule is COc1ccccc1CC(=O)NCCC(C)N.Cl. The van der Waals surface area contributed by atoms with Gasteiger partial charge in [-0.25, -0.2) is 0 Å². The summed E-state index contributed by atoms with van der Waals surface area (Å²) in [7, 11) is 1.60. The number of amides is 1. The normalized spacial score (nSPS) is 11.3. The number of methoxy groups -OCH3 is 1. The molecule has 0 saturated carbocycles. The van der Waals surface area contributed by atoms with Crippen molar-refractivity contribution in [3.63, 3.8) is 0 Å². The van der Waals surface area contributed by atoms with Gasteiger partial charge in [-0.05, 0) is 19.4 Å². The van der Waals surface area contributed by atoms with Gasteiger partial charge in [-0.2, -0.15) is 0 Å². The van der Waals surface area contributed by atoms with Crippen LogP contribution in [-0.2, 0) is 11.2 Å². The summed E-state index contributed by atoms with van der Waals surface area (Å²) < 4.78 is 5.19. The number of nitrogens with two attached hydrogens (primary N) is 1. The second-order valence-corrected chi connectivity index (χ2v) is 4.10. The van der Waals surface area contributed by atoms with Gasteiger partial charge in [0.2, 0.25) is 5.91 Å². The maximum atomic E-state index is 11.7. The minimum absolute atomic E-state index is 0. The molecule has 102 valence electrons. The van der Waals surface area contributed by atoms with E-state index in [9.17, 15) is 4.79 Å². The molecule has 0 aliphatic heterocycles. The lowest BCUT2D eigenvalue weighted by Gasteiger charge is -2.09. The summed E-state index contributed by atoms with van der Waals surface area (Å²) in [5.41, 5.74) is 6.50. The number of halogens is 1. The fourth-order valence-electron chi connectivity index (χ4n) is 1.52. The topological polar surface area (TPSA) is 64.3 Å². The Balaban J connectivity index is 0.00000289. The second-order valence-electron chi connectivity index (χ2n) is 4.10. The Labute approximate surface area is 114 Å². The van der Waals surface area contributed by atoms with E-state index in [1.165, 1.54) is 0 Å². The first-order valence-corrected chi connectivity index (χ1v) is 5.77. The molecule has 0 bridgehead atoms. The van der Waals surface area contributed by atoms with Crippen molar-refractivity contribution in [1.29, 1.82) is 0 Å². The van der Waals surface area contributed by atoms with Crippen LogP contribution in [0.25, 0.3) is 0 Å². The van der Waals surface area contributed by atoms with Gasteiger partial charge in [0.25, 0.3) is 0 Å². The van der Waals surface area contributed by atoms with Gasteiger partial charge in [-0.3, -0.25) is 4.79 Å². The molecule has 0 fully saturated rings. The van der Waals surface area contributed by atoms with E-state index in [1.54, 1.807) is 7.11 Å². The van der Waals surface area contributed by atoms with Gasteiger partial charge in [-0.1, -0.05) is 18.2 Å². The molecule has 1 aromatic rings. The molecular weight excluding hydrogens is 252 g/mol. The van der Waals surface area contributed by atoms with Crippen LogP contribution in [0.4, 0.5) is 0 Å². The van der Waals surface area contributed by atoms with Gasteiger partial charge in [-0.15, -0.1) is 12.4 Å². The van der Waals surface area contributed by atoms with Crippen LogP contribution in [0.1, 0.15) is 18.9 Å². The number of rotatable bonds is 6. The van der Waals surface area contributed by atoms with Gasteiger partial charge in [0.05, 0.1) is 13.5 Å². The monoisotopic (exact) mass is 272 g/mol. The molecule has 0 saturated heterocycles. The van der Waals surface area contributed by atoms with Crippen LogP contribution < -0.4 is 15.8 Å². The molecule has 18 heavy (non-hydrogen) atoms. The lowest BCUT2D eigenvalue weighted by molar-refractivity contribution is -0.120. The lowest BCUT2D eigenvalue weighted by atomic mass is 10.1. The number of benzene rings is 1. The van der Waals surface area contributed by atoms with Crippen LogP contribution in [0.5, 0.6) is 5.75 Å². The molecule has 1 rings (SSSR count). The van der Waals surface area contributed by atoms with Crippen LogP contribution in [0, 0.1) is 0 Å². The first-order valence-electron chi connectivity index (χ1n) is 5.77. The third-order valence-corrected chi connectivity index (χ3v) is 2.47. The van der Waals surface area contributed by atoms with Crippen molar-refractivity contribution < 1.29 is 9.53 Å². The number of hydrogen-bond donors (Lipinski definition) is 2. The van der Waals surface area contributed by atoms with E-state index in [4.69, 9.17) is 10.5 Å². The fourth-order valence-corrected chi connectivity index (χ4v) is 1.52. The molecule has 0 aromatic heterocycles. The molecule has 3 N–H and O–H groups in total. The highest BCUT2D eigenvalue weighted by molar-refractivity contribution is 5.85. The molecule has 0 heterocycles. The van der Waals surface area contributed by atoms with Crippen molar-refractivity contribution in [2.24, 2.45) is 5.73 Å². The first kappa shape index (κ1) is 16.7. The summed E-state index contributed by atoms with van der Waals surface area (Å²) in [5.74, 6) is 0.741. The Morgan fingerprint density at radius 1 is 1.44 bits per heavy atom. The Morgan fingerprint density at radius 3 is 2.72 bits per heavy atom. The predicted octanol–water partition coefficient (Wildman–Crippen LogP) is 1.51. The van der Waals surface area contributed by atoms with Gasteiger partial charge >= 0.3 is 0 Å². The highest BCUT2D eigenvalue weighted by Gasteiger charge is 2.07. The molecule has 1 unspecified atom stereocenters. The average Bonchev–Trinajstić information content (AvgIpc) is 2.29. The predicted molar refractivity (Wildman–Crippen MR) is 75.2 cm³/mol. The average molecular weight is 273 g/mol. The van der Waals surface area contributed by atoms with Crippen LogP contribution in [0.2, 0.25) is 0 Å². The van der Waals surface area contributed by atoms with E-state index in [0.29, 0.717) is 13.0 Å². The first-order chi connectivity index (χ1) is 8.13. The molecule has 5 heteroatoms. The van der Waals surface area contributed by atoms with Crippen molar-refractivity contribution >= 4 is 18.3 Å². The van der Waals surface area contributed by atoms with Crippen molar-refractivity contribution in [2.45, 2.75) is 25.8 Å². The number of nitrogens with one attached hydrogen (secondary N) is 1. The van der Waals surface area contributed by atoms with Crippen molar-refractivity contribution in [2.75, 3.05) is 13.7 Å². The number of carbonyl (C=O) groups excluding carboxylic acids is 1. The molecule has 0 aliphatic carbocycles. The Hall–Kier alpha value is -1.26. The maximum absolute atomic E-state index is 11.7. The van der Waals surface area contributed by atoms with Crippen LogP contribution in [0.3, 0.4) is 0 Å². The minimum Gasteiger partial charge on any atom is -0.496 e. The number of ether oxygens (including phenoxy) is 1. The lowest BCUT2D eigenvalue weighted by Crippen LogP contribution is -2.30. The molecule has 1 atom stereocenters. The van der Waals surface area contributed by atoms with E-state index >= 15 is 0 Å². The van der Waals surface area contributed by atoms with E-state index in [0.717, 1.165) is 17.7 Å². The third-order valence-electron chi connectivity index (χ3n) is 2.47. The summed E-state index contributed by atoms with van der Waals surface area (Å²) in [6.45, 7) is 2.54. The zero-order valence-corrected chi connectivity index (χ0v) is 11.6. The third kappa shape index (κ3) is 5.89. The highest BCUT2D eigenvalue weighted by atomic mass is 35.5. The van der Waals surface area contributed by atoms with E-state index in [1.807, 2.05) is 31.2 Å². The summed E-state index contributed by atoms with van der Waals surface area (Å²) in [6, 6.07) is 7.64. The quantitative estimate of drug-likeness (QED) is 0.825.